The number of aromatic nitrogens is 2. The number of sulfonamides is 1. The molecule has 9 heteroatoms. The molecule has 0 aliphatic heterocycles. The van der Waals surface area contributed by atoms with Gasteiger partial charge in [0.1, 0.15) is 4.90 Å². The van der Waals surface area contributed by atoms with Crippen LogP contribution < -0.4 is 4.72 Å². The normalized spacial score (nSPS) is 23.7. The minimum atomic E-state index is -4.06. The first-order chi connectivity index (χ1) is 9.83. The number of nitrogens with one attached hydrogen (secondary N) is 2. The first-order valence-corrected chi connectivity index (χ1v) is 8.30. The largest absolute Gasteiger partial charge is 0.476 e. The first kappa shape index (κ1) is 15.9. The van der Waals surface area contributed by atoms with Gasteiger partial charge in [-0.25, -0.2) is 17.9 Å². The Kier molecular flexibility index (Phi) is 4.64. The minimum absolute atomic E-state index is 0.156. The van der Waals surface area contributed by atoms with Crippen LogP contribution in [0.1, 0.15) is 48.3 Å². The summed E-state index contributed by atoms with van der Waals surface area (Å²) in [5, 5.41) is 24.9. The number of carboxylic acid groups (broad SMARTS) is 1. The van der Waals surface area contributed by atoms with Crippen molar-refractivity contribution in [3.63, 3.8) is 0 Å². The van der Waals surface area contributed by atoms with Gasteiger partial charge in [0.05, 0.1) is 11.8 Å². The van der Waals surface area contributed by atoms with Crippen LogP contribution in [-0.4, -0.2) is 46.9 Å². The van der Waals surface area contributed by atoms with E-state index in [0.29, 0.717) is 12.8 Å². The third-order valence-electron chi connectivity index (χ3n) is 3.65. The van der Waals surface area contributed by atoms with Gasteiger partial charge >= 0.3 is 5.97 Å². The van der Waals surface area contributed by atoms with Crippen molar-refractivity contribution in [3.05, 3.63) is 11.4 Å². The number of hydrogen-bond acceptors (Lipinski definition) is 5. The highest BCUT2D eigenvalue weighted by atomic mass is 32.2. The highest BCUT2D eigenvalue weighted by molar-refractivity contribution is 7.89. The Morgan fingerprint density at radius 3 is 2.67 bits per heavy atom. The lowest BCUT2D eigenvalue weighted by atomic mass is 10.1. The van der Waals surface area contributed by atoms with Crippen molar-refractivity contribution in [2.75, 3.05) is 0 Å². The van der Waals surface area contributed by atoms with Crippen LogP contribution in [0.15, 0.2) is 4.90 Å². The van der Waals surface area contributed by atoms with E-state index in [0.717, 1.165) is 19.3 Å². The molecule has 0 radical (unpaired) electrons. The fourth-order valence-electron chi connectivity index (χ4n) is 2.58. The van der Waals surface area contributed by atoms with Crippen LogP contribution >= 0.6 is 0 Å². The Balaban J connectivity index is 2.30. The van der Waals surface area contributed by atoms with Gasteiger partial charge in [-0.2, -0.15) is 5.10 Å². The molecule has 2 atom stereocenters. The molecular formula is C12H19N3O5S. The lowest BCUT2D eigenvalue weighted by Gasteiger charge is -2.21. The van der Waals surface area contributed by atoms with Gasteiger partial charge in [-0.3, -0.25) is 5.10 Å². The monoisotopic (exact) mass is 317 g/mol. The zero-order chi connectivity index (χ0) is 15.6. The number of aliphatic hydroxyl groups is 1. The smallest absolute Gasteiger partial charge is 0.357 e. The van der Waals surface area contributed by atoms with Crippen LogP contribution in [0.4, 0.5) is 0 Å². The van der Waals surface area contributed by atoms with Crippen LogP contribution in [0.2, 0.25) is 0 Å². The summed E-state index contributed by atoms with van der Waals surface area (Å²) in [5.41, 5.74) is -0.383. The summed E-state index contributed by atoms with van der Waals surface area (Å²) in [6.07, 6.45) is 2.91. The first-order valence-electron chi connectivity index (χ1n) is 6.81. The molecule has 1 aliphatic rings. The van der Waals surface area contributed by atoms with E-state index in [1.54, 1.807) is 0 Å². The molecule has 0 spiro atoms. The molecule has 4 N–H and O–H groups in total. The molecule has 118 valence electrons. The number of aliphatic hydroxyl groups excluding tert-OH is 1. The molecule has 21 heavy (non-hydrogen) atoms. The zero-order valence-corrected chi connectivity index (χ0v) is 12.5. The fourth-order valence-corrected chi connectivity index (χ4v) is 4.20. The predicted octanol–water partition coefficient (Wildman–Crippen LogP) is 0.388. The van der Waals surface area contributed by atoms with Crippen LogP contribution in [0.3, 0.4) is 0 Å². The summed E-state index contributed by atoms with van der Waals surface area (Å²) in [6, 6.07) is -0.603. The minimum Gasteiger partial charge on any atom is -0.476 e. The lowest BCUT2D eigenvalue weighted by molar-refractivity contribution is 0.0686. The third kappa shape index (κ3) is 3.42. The maximum Gasteiger partial charge on any atom is 0.357 e. The summed E-state index contributed by atoms with van der Waals surface area (Å²) < 4.78 is 27.3. The van der Waals surface area contributed by atoms with E-state index in [1.165, 1.54) is 6.92 Å². The molecule has 0 amide bonds. The standard InChI is InChI=1S/C12H19N3O5S/c1-7-11(10(12(17)18)14-13-7)21(19,20)15-8-5-3-2-4-6-9(8)16/h8-9,15-16H,2-6H2,1H3,(H,13,14)(H,17,18). The number of hydrogen-bond donors (Lipinski definition) is 4. The van der Waals surface area contributed by atoms with E-state index < -0.39 is 33.8 Å². The summed E-state index contributed by atoms with van der Waals surface area (Å²) in [6.45, 7) is 1.44. The molecule has 0 bridgehead atoms. The second-order valence-corrected chi connectivity index (χ2v) is 6.92. The average molecular weight is 317 g/mol. The van der Waals surface area contributed by atoms with Gasteiger partial charge < -0.3 is 10.2 Å². The molecule has 1 heterocycles. The second kappa shape index (κ2) is 6.12. The van der Waals surface area contributed by atoms with Crippen LogP contribution in [0.5, 0.6) is 0 Å². The van der Waals surface area contributed by atoms with Crippen molar-refractivity contribution >= 4 is 16.0 Å². The fraction of sp³-hybridized carbons (Fsp3) is 0.667. The second-order valence-electron chi connectivity index (χ2n) is 5.26. The van der Waals surface area contributed by atoms with Crippen LogP contribution in [-0.2, 0) is 10.0 Å². The van der Waals surface area contributed by atoms with Gasteiger partial charge in [0.15, 0.2) is 5.69 Å². The Bertz CT molecular complexity index is 625. The van der Waals surface area contributed by atoms with Crippen molar-refractivity contribution in [3.8, 4) is 0 Å². The maximum absolute atomic E-state index is 12.4. The van der Waals surface area contributed by atoms with Gasteiger partial charge in [0, 0.05) is 6.04 Å². The Morgan fingerprint density at radius 2 is 2.00 bits per heavy atom. The number of carboxylic acids is 1. The molecule has 1 saturated carbocycles. The van der Waals surface area contributed by atoms with Gasteiger partial charge in [-0.15, -0.1) is 0 Å². The van der Waals surface area contributed by atoms with Crippen molar-refractivity contribution in [1.82, 2.24) is 14.9 Å². The SMILES string of the molecule is Cc1[nH]nc(C(=O)O)c1S(=O)(=O)NC1CCCCCC1O. The summed E-state index contributed by atoms with van der Waals surface area (Å²) >= 11 is 0. The molecule has 0 aromatic carbocycles. The number of carbonyl (C=O) groups is 1. The molecule has 0 saturated heterocycles. The number of aromatic carboxylic acids is 1. The van der Waals surface area contributed by atoms with E-state index in [4.69, 9.17) is 5.11 Å². The Labute approximate surface area is 122 Å². The van der Waals surface area contributed by atoms with E-state index in [-0.39, 0.29) is 10.6 Å². The van der Waals surface area contributed by atoms with Gasteiger partial charge in [0.25, 0.3) is 0 Å². The summed E-state index contributed by atoms with van der Waals surface area (Å²) in [4.78, 5) is 10.7. The zero-order valence-electron chi connectivity index (χ0n) is 11.7. The molecule has 1 fully saturated rings. The highest BCUT2D eigenvalue weighted by Crippen LogP contribution is 2.22. The number of aryl methyl sites for hydroxylation is 1. The van der Waals surface area contributed by atoms with Crippen LogP contribution in [0.25, 0.3) is 0 Å². The molecule has 8 nitrogen and oxygen atoms in total. The van der Waals surface area contributed by atoms with E-state index in [9.17, 15) is 18.3 Å². The number of H-pyrrole nitrogens is 1. The maximum atomic E-state index is 12.4. The third-order valence-corrected chi connectivity index (χ3v) is 5.30. The van der Waals surface area contributed by atoms with Crippen molar-refractivity contribution < 1.29 is 23.4 Å². The number of rotatable bonds is 4. The number of aromatic amines is 1. The van der Waals surface area contributed by atoms with E-state index >= 15 is 0 Å². The van der Waals surface area contributed by atoms with Crippen molar-refractivity contribution in [2.45, 2.75) is 56.1 Å². The lowest BCUT2D eigenvalue weighted by Crippen LogP contribution is -2.43. The average Bonchev–Trinajstić information content (AvgIpc) is 2.69. The topological polar surface area (TPSA) is 132 Å². The summed E-state index contributed by atoms with van der Waals surface area (Å²) in [7, 11) is -4.06. The number of nitrogens with zero attached hydrogens (tertiary/aromatic N) is 1. The molecule has 1 aromatic rings. The van der Waals surface area contributed by atoms with Crippen LogP contribution in [0, 0.1) is 6.92 Å². The van der Waals surface area contributed by atoms with Crippen molar-refractivity contribution in [1.29, 1.82) is 0 Å². The van der Waals surface area contributed by atoms with E-state index in [1.807, 2.05) is 0 Å². The van der Waals surface area contributed by atoms with Crippen molar-refractivity contribution in [2.24, 2.45) is 0 Å². The molecule has 1 aliphatic carbocycles. The van der Waals surface area contributed by atoms with Gasteiger partial charge in [0.2, 0.25) is 10.0 Å². The Morgan fingerprint density at radius 1 is 1.33 bits per heavy atom. The summed E-state index contributed by atoms with van der Waals surface area (Å²) in [5.74, 6) is -1.42. The van der Waals surface area contributed by atoms with Gasteiger partial charge in [-0.05, 0) is 19.8 Å². The predicted molar refractivity (Wildman–Crippen MR) is 73.5 cm³/mol. The Hall–Kier alpha value is -1.45. The molecule has 2 unspecified atom stereocenters. The van der Waals surface area contributed by atoms with E-state index in [2.05, 4.69) is 14.9 Å². The molecule has 2 rings (SSSR count). The highest BCUT2D eigenvalue weighted by Gasteiger charge is 2.32. The molecule has 1 aromatic heterocycles. The quantitative estimate of drug-likeness (QED) is 0.594. The van der Waals surface area contributed by atoms with Gasteiger partial charge in [-0.1, -0.05) is 19.3 Å². The molecular weight excluding hydrogens is 298 g/mol.